The van der Waals surface area contributed by atoms with Gasteiger partial charge in [0.2, 0.25) is 5.16 Å². The fraction of sp³-hybridized carbons (Fsp3) is 0.182. The third-order valence-electron chi connectivity index (χ3n) is 2.37. The Morgan fingerprint density at radius 1 is 1.40 bits per heavy atom. The van der Waals surface area contributed by atoms with Crippen LogP contribution in [-0.2, 0) is 0 Å². The number of benzene rings is 1. The van der Waals surface area contributed by atoms with E-state index >= 15 is 0 Å². The molecule has 0 aliphatic heterocycles. The van der Waals surface area contributed by atoms with Crippen molar-refractivity contribution in [3.63, 3.8) is 0 Å². The van der Waals surface area contributed by atoms with Crippen LogP contribution in [-0.4, -0.2) is 33.1 Å². The van der Waals surface area contributed by atoms with E-state index in [1.165, 1.54) is 22.8 Å². The Hall–Kier alpha value is -2.26. The molecule has 0 aliphatic carbocycles. The van der Waals surface area contributed by atoms with Gasteiger partial charge in [-0.2, -0.15) is 0 Å². The SMILES string of the molecule is NNC(=O)c1ccc(OCCSc2nncn2N)cc1. The number of hydrogen-bond donors (Lipinski definition) is 3. The third-order valence-corrected chi connectivity index (χ3v) is 3.29. The summed E-state index contributed by atoms with van der Waals surface area (Å²) in [5, 5.41) is 8.14. The van der Waals surface area contributed by atoms with Crippen LogP contribution in [0.4, 0.5) is 0 Å². The molecule has 0 aliphatic rings. The Bertz CT molecular complexity index is 571. The number of carbonyl (C=O) groups excluding carboxylic acids is 1. The summed E-state index contributed by atoms with van der Waals surface area (Å²) < 4.78 is 6.88. The molecule has 0 radical (unpaired) electrons. The van der Waals surface area contributed by atoms with Gasteiger partial charge in [0.25, 0.3) is 5.91 Å². The normalized spacial score (nSPS) is 10.2. The van der Waals surface area contributed by atoms with Crippen molar-refractivity contribution in [3.8, 4) is 5.75 Å². The molecular weight excluding hydrogens is 280 g/mol. The highest BCUT2D eigenvalue weighted by Crippen LogP contribution is 2.15. The Kier molecular flexibility index (Phi) is 4.80. The Morgan fingerprint density at radius 2 is 2.15 bits per heavy atom. The summed E-state index contributed by atoms with van der Waals surface area (Å²) in [5.41, 5.74) is 2.54. The van der Waals surface area contributed by atoms with Gasteiger partial charge in [0, 0.05) is 11.3 Å². The van der Waals surface area contributed by atoms with Crippen molar-refractivity contribution in [1.82, 2.24) is 20.3 Å². The van der Waals surface area contributed by atoms with Crippen LogP contribution in [0.25, 0.3) is 0 Å². The molecule has 0 atom stereocenters. The van der Waals surface area contributed by atoms with Crippen LogP contribution >= 0.6 is 11.8 Å². The average molecular weight is 294 g/mol. The van der Waals surface area contributed by atoms with Crippen molar-refractivity contribution in [2.24, 2.45) is 5.84 Å². The fourth-order valence-corrected chi connectivity index (χ4v) is 2.06. The number of hydrogen-bond acceptors (Lipinski definition) is 7. The molecule has 2 aromatic rings. The van der Waals surface area contributed by atoms with Crippen LogP contribution in [0.5, 0.6) is 5.75 Å². The molecule has 0 spiro atoms. The lowest BCUT2D eigenvalue weighted by Gasteiger charge is -2.06. The van der Waals surface area contributed by atoms with Gasteiger partial charge in [-0.15, -0.1) is 10.2 Å². The molecule has 1 aromatic carbocycles. The van der Waals surface area contributed by atoms with Crippen LogP contribution < -0.4 is 21.8 Å². The Balaban J connectivity index is 1.77. The molecule has 5 N–H and O–H groups in total. The highest BCUT2D eigenvalue weighted by molar-refractivity contribution is 7.99. The smallest absolute Gasteiger partial charge is 0.265 e. The molecule has 9 heteroatoms. The fourth-order valence-electron chi connectivity index (χ4n) is 1.41. The number of rotatable bonds is 6. The van der Waals surface area contributed by atoms with Crippen LogP contribution in [0.3, 0.4) is 0 Å². The zero-order valence-electron chi connectivity index (χ0n) is 10.5. The molecule has 0 bridgehead atoms. The maximum absolute atomic E-state index is 11.2. The average Bonchev–Trinajstić information content (AvgIpc) is 2.89. The molecule has 0 unspecified atom stereocenters. The number of nitrogen functional groups attached to an aromatic ring is 2. The van der Waals surface area contributed by atoms with Crippen LogP contribution in [0.1, 0.15) is 10.4 Å². The summed E-state index contributed by atoms with van der Waals surface area (Å²) in [6.07, 6.45) is 1.43. The number of thioether (sulfide) groups is 1. The van der Waals surface area contributed by atoms with Crippen molar-refractivity contribution in [2.45, 2.75) is 5.16 Å². The lowest BCUT2D eigenvalue weighted by Crippen LogP contribution is -2.29. The minimum absolute atomic E-state index is 0.339. The van der Waals surface area contributed by atoms with Gasteiger partial charge in [-0.3, -0.25) is 10.2 Å². The van der Waals surface area contributed by atoms with Crippen molar-refractivity contribution < 1.29 is 9.53 Å². The number of aromatic nitrogens is 3. The summed E-state index contributed by atoms with van der Waals surface area (Å²) in [6.45, 7) is 0.486. The second kappa shape index (κ2) is 6.78. The molecule has 2 rings (SSSR count). The van der Waals surface area contributed by atoms with E-state index in [0.29, 0.717) is 28.8 Å². The first kappa shape index (κ1) is 14.2. The molecule has 8 nitrogen and oxygen atoms in total. The molecule has 1 heterocycles. The number of carbonyl (C=O) groups is 1. The van der Waals surface area contributed by atoms with E-state index in [0.717, 1.165) is 0 Å². The van der Waals surface area contributed by atoms with Crippen LogP contribution in [0.2, 0.25) is 0 Å². The van der Waals surface area contributed by atoms with Crippen LogP contribution in [0.15, 0.2) is 35.7 Å². The van der Waals surface area contributed by atoms with E-state index in [2.05, 4.69) is 15.6 Å². The molecule has 0 fully saturated rings. The molecule has 1 aromatic heterocycles. The monoisotopic (exact) mass is 294 g/mol. The lowest BCUT2D eigenvalue weighted by molar-refractivity contribution is 0.0953. The van der Waals surface area contributed by atoms with Crippen LogP contribution in [0, 0.1) is 0 Å². The van der Waals surface area contributed by atoms with Gasteiger partial charge in [-0.25, -0.2) is 10.5 Å². The van der Waals surface area contributed by atoms with E-state index in [4.69, 9.17) is 16.4 Å². The molecule has 0 saturated carbocycles. The number of nitrogens with zero attached hydrogens (tertiary/aromatic N) is 3. The van der Waals surface area contributed by atoms with Gasteiger partial charge in [0.05, 0.1) is 6.61 Å². The zero-order chi connectivity index (χ0) is 14.4. The maximum atomic E-state index is 11.2. The number of amides is 1. The van der Waals surface area contributed by atoms with Gasteiger partial charge < -0.3 is 10.6 Å². The van der Waals surface area contributed by atoms with Crippen molar-refractivity contribution in [3.05, 3.63) is 36.2 Å². The van der Waals surface area contributed by atoms with E-state index in [1.54, 1.807) is 24.3 Å². The minimum Gasteiger partial charge on any atom is -0.493 e. The van der Waals surface area contributed by atoms with Crippen molar-refractivity contribution >= 4 is 17.7 Å². The van der Waals surface area contributed by atoms with Crippen molar-refractivity contribution in [1.29, 1.82) is 0 Å². The summed E-state index contributed by atoms with van der Waals surface area (Å²) in [5.74, 6) is 11.6. The molecule has 1 amide bonds. The standard InChI is InChI=1S/C11H14N6O2S/c12-15-10(18)8-1-3-9(4-2-8)19-5-6-20-11-16-14-7-17(11)13/h1-4,7H,5-6,12-13H2,(H,15,18). The Morgan fingerprint density at radius 3 is 2.75 bits per heavy atom. The van der Waals surface area contributed by atoms with E-state index in [1.807, 2.05) is 0 Å². The maximum Gasteiger partial charge on any atom is 0.265 e. The number of hydrazine groups is 1. The molecule has 0 saturated heterocycles. The van der Waals surface area contributed by atoms with E-state index in [-0.39, 0.29) is 5.91 Å². The molecular formula is C11H14N6O2S. The number of ether oxygens (including phenoxy) is 1. The zero-order valence-corrected chi connectivity index (χ0v) is 11.3. The summed E-state index contributed by atoms with van der Waals surface area (Å²) in [4.78, 5) is 11.2. The highest BCUT2D eigenvalue weighted by atomic mass is 32.2. The third kappa shape index (κ3) is 3.62. The summed E-state index contributed by atoms with van der Waals surface area (Å²) >= 11 is 1.44. The summed E-state index contributed by atoms with van der Waals surface area (Å²) in [7, 11) is 0. The quantitative estimate of drug-likeness (QED) is 0.221. The van der Waals surface area contributed by atoms with Gasteiger partial charge in [0.1, 0.15) is 12.1 Å². The predicted octanol–water partition coefficient (Wildman–Crippen LogP) is -0.234. The largest absolute Gasteiger partial charge is 0.493 e. The first-order valence-corrected chi connectivity index (χ1v) is 6.71. The predicted molar refractivity (Wildman–Crippen MR) is 74.5 cm³/mol. The second-order valence-corrected chi connectivity index (χ2v) is 4.78. The lowest BCUT2D eigenvalue weighted by atomic mass is 10.2. The number of nitrogens with two attached hydrogens (primary N) is 2. The van der Waals surface area contributed by atoms with Crippen molar-refractivity contribution in [2.75, 3.05) is 18.2 Å². The van der Waals surface area contributed by atoms with Gasteiger partial charge in [-0.1, -0.05) is 11.8 Å². The first-order valence-electron chi connectivity index (χ1n) is 5.72. The highest BCUT2D eigenvalue weighted by Gasteiger charge is 2.04. The van der Waals surface area contributed by atoms with E-state index in [9.17, 15) is 4.79 Å². The molecule has 106 valence electrons. The van der Waals surface area contributed by atoms with E-state index < -0.39 is 0 Å². The first-order chi connectivity index (χ1) is 9.70. The second-order valence-electron chi connectivity index (χ2n) is 3.72. The molecule has 20 heavy (non-hydrogen) atoms. The topological polar surface area (TPSA) is 121 Å². The number of nitrogens with one attached hydrogen (secondary N) is 1. The Labute approximate surface area is 119 Å². The summed E-state index contributed by atoms with van der Waals surface area (Å²) in [6, 6.07) is 6.70. The minimum atomic E-state index is -0.339. The van der Waals surface area contributed by atoms with Gasteiger partial charge in [0.15, 0.2) is 0 Å². The van der Waals surface area contributed by atoms with Gasteiger partial charge >= 0.3 is 0 Å². The van der Waals surface area contributed by atoms with Gasteiger partial charge in [-0.05, 0) is 24.3 Å².